The molecule has 0 aliphatic heterocycles. The second-order valence-electron chi connectivity index (χ2n) is 5.52. The molecule has 0 bridgehead atoms. The molecular weight excluding hydrogens is 373 g/mol. The maximum Gasteiger partial charge on any atom is 0.416 e. The first kappa shape index (κ1) is 22.8. The molecule has 0 amide bonds. The van der Waals surface area contributed by atoms with E-state index in [0.717, 1.165) is 11.6 Å². The van der Waals surface area contributed by atoms with Crippen LogP contribution in [0.1, 0.15) is 23.6 Å². The van der Waals surface area contributed by atoms with E-state index in [1.165, 1.54) is 12.1 Å². The van der Waals surface area contributed by atoms with E-state index in [4.69, 9.17) is 20.9 Å². The molecule has 6 nitrogen and oxygen atoms in total. The minimum atomic E-state index is -4.39. The lowest BCUT2D eigenvalue weighted by Crippen LogP contribution is -2.21. The van der Waals surface area contributed by atoms with Crippen LogP contribution in [0.15, 0.2) is 52.7 Å². The van der Waals surface area contributed by atoms with Crippen molar-refractivity contribution in [1.82, 2.24) is 0 Å². The van der Waals surface area contributed by atoms with Gasteiger partial charge in [-0.05, 0) is 37.6 Å². The van der Waals surface area contributed by atoms with E-state index in [0.29, 0.717) is 18.1 Å². The average molecular weight is 396 g/mol. The Hall–Kier alpha value is -3.23. The highest BCUT2D eigenvalue weighted by atomic mass is 19.4. The van der Waals surface area contributed by atoms with Crippen LogP contribution in [0.3, 0.4) is 0 Å². The van der Waals surface area contributed by atoms with Gasteiger partial charge in [-0.2, -0.15) is 18.3 Å². The summed E-state index contributed by atoms with van der Waals surface area (Å²) in [5.74, 6) is 1.06. The van der Waals surface area contributed by atoms with Gasteiger partial charge >= 0.3 is 6.18 Å². The number of rotatable bonds is 6. The Balaban J connectivity index is 0.000000568. The molecule has 9 heteroatoms. The standard InChI is InChI=1S/C17H17F3O2.C2H6N4/c1-3-21-14-8-12(2)9-15(10-14)22-11-13-6-4-5-7-16(13)17(18,19)20;1-5-6-2(3)4/h4-10H,3,11H2,1-2H3;1H2,(H4,3,4,6). The van der Waals surface area contributed by atoms with E-state index in [2.05, 4.69) is 16.9 Å². The van der Waals surface area contributed by atoms with Crippen molar-refractivity contribution >= 4 is 12.7 Å². The predicted molar refractivity (Wildman–Crippen MR) is 103 cm³/mol. The highest BCUT2D eigenvalue weighted by Crippen LogP contribution is 2.32. The maximum absolute atomic E-state index is 12.9. The zero-order chi connectivity index (χ0) is 21.2. The molecule has 2 aromatic rings. The number of nitrogens with two attached hydrogens (primary N) is 2. The number of hydrogen-bond acceptors (Lipinski definition) is 4. The van der Waals surface area contributed by atoms with Gasteiger partial charge in [-0.3, -0.25) is 0 Å². The van der Waals surface area contributed by atoms with Crippen LogP contribution in [0.4, 0.5) is 13.2 Å². The Labute approximate surface area is 161 Å². The van der Waals surface area contributed by atoms with Crippen molar-refractivity contribution in [2.45, 2.75) is 26.6 Å². The number of nitrogens with zero attached hydrogens (tertiary/aromatic N) is 2. The van der Waals surface area contributed by atoms with Crippen molar-refractivity contribution in [3.05, 3.63) is 59.2 Å². The van der Waals surface area contributed by atoms with Crippen LogP contribution < -0.4 is 20.9 Å². The van der Waals surface area contributed by atoms with Gasteiger partial charge in [0, 0.05) is 18.3 Å². The molecule has 4 N–H and O–H groups in total. The summed E-state index contributed by atoms with van der Waals surface area (Å²) in [5, 5.41) is 6.13. The zero-order valence-electron chi connectivity index (χ0n) is 15.7. The fourth-order valence-corrected chi connectivity index (χ4v) is 2.21. The Bertz CT molecular complexity index is 804. The Morgan fingerprint density at radius 2 is 1.68 bits per heavy atom. The molecule has 0 aliphatic carbocycles. The number of benzene rings is 2. The normalized spacial score (nSPS) is 10.3. The molecule has 0 fully saturated rings. The van der Waals surface area contributed by atoms with E-state index in [1.807, 2.05) is 19.9 Å². The molecule has 152 valence electrons. The molecule has 0 unspecified atom stereocenters. The van der Waals surface area contributed by atoms with Crippen LogP contribution in [0.25, 0.3) is 0 Å². The lowest BCUT2D eigenvalue weighted by Gasteiger charge is -2.14. The van der Waals surface area contributed by atoms with E-state index >= 15 is 0 Å². The summed E-state index contributed by atoms with van der Waals surface area (Å²) in [6, 6.07) is 10.7. The minimum absolute atomic E-state index is 0.0648. The summed E-state index contributed by atoms with van der Waals surface area (Å²) in [5.41, 5.74) is 9.95. The second-order valence-corrected chi connectivity index (χ2v) is 5.52. The van der Waals surface area contributed by atoms with Gasteiger partial charge < -0.3 is 20.9 Å². The van der Waals surface area contributed by atoms with Gasteiger partial charge in [-0.1, -0.05) is 18.2 Å². The van der Waals surface area contributed by atoms with Gasteiger partial charge in [0.15, 0.2) is 0 Å². The van der Waals surface area contributed by atoms with Crippen LogP contribution in [-0.4, -0.2) is 19.3 Å². The SMILES string of the molecule is C=NN=C(N)N.CCOc1cc(C)cc(OCc2ccccc2C(F)(F)F)c1. The molecule has 28 heavy (non-hydrogen) atoms. The van der Waals surface area contributed by atoms with E-state index in [1.54, 1.807) is 18.2 Å². The largest absolute Gasteiger partial charge is 0.494 e. The van der Waals surface area contributed by atoms with Crippen molar-refractivity contribution < 1.29 is 22.6 Å². The van der Waals surface area contributed by atoms with Crippen molar-refractivity contribution in [2.24, 2.45) is 21.7 Å². The molecule has 0 radical (unpaired) electrons. The lowest BCUT2D eigenvalue weighted by atomic mass is 10.1. The van der Waals surface area contributed by atoms with Crippen LogP contribution in [0, 0.1) is 6.92 Å². The fourth-order valence-electron chi connectivity index (χ4n) is 2.21. The van der Waals surface area contributed by atoms with E-state index in [-0.39, 0.29) is 18.1 Å². The quantitative estimate of drug-likeness (QED) is 0.440. The molecule has 0 saturated carbocycles. The third kappa shape index (κ3) is 7.98. The Morgan fingerprint density at radius 1 is 1.07 bits per heavy atom. The number of halogens is 3. The van der Waals surface area contributed by atoms with Gasteiger partial charge in [-0.15, -0.1) is 5.10 Å². The molecule has 0 spiro atoms. The van der Waals surface area contributed by atoms with Crippen molar-refractivity contribution in [2.75, 3.05) is 6.61 Å². The molecule has 2 aromatic carbocycles. The number of aryl methyl sites for hydroxylation is 1. The van der Waals surface area contributed by atoms with Crippen LogP contribution in [0.5, 0.6) is 11.5 Å². The number of guanidine groups is 1. The van der Waals surface area contributed by atoms with Crippen LogP contribution in [0.2, 0.25) is 0 Å². The predicted octanol–water partition coefficient (Wildman–Crippen LogP) is 3.87. The third-order valence-corrected chi connectivity index (χ3v) is 3.24. The molecule has 0 heterocycles. The smallest absolute Gasteiger partial charge is 0.416 e. The second kappa shape index (κ2) is 10.8. The van der Waals surface area contributed by atoms with Gasteiger partial charge in [0.1, 0.15) is 18.1 Å². The summed E-state index contributed by atoms with van der Waals surface area (Å²) in [4.78, 5) is 0. The molecule has 0 aliphatic rings. The van der Waals surface area contributed by atoms with Gasteiger partial charge in [0.05, 0.1) is 12.2 Å². The summed E-state index contributed by atoms with van der Waals surface area (Å²) >= 11 is 0. The maximum atomic E-state index is 12.9. The molecular formula is C19H23F3N4O2. The highest BCUT2D eigenvalue weighted by molar-refractivity contribution is 5.75. The zero-order valence-corrected chi connectivity index (χ0v) is 15.7. The lowest BCUT2D eigenvalue weighted by molar-refractivity contribution is -0.138. The van der Waals surface area contributed by atoms with Gasteiger partial charge in [0.2, 0.25) is 5.96 Å². The first-order valence-corrected chi connectivity index (χ1v) is 8.24. The third-order valence-electron chi connectivity index (χ3n) is 3.24. The van der Waals surface area contributed by atoms with E-state index in [9.17, 15) is 13.2 Å². The Morgan fingerprint density at radius 3 is 2.18 bits per heavy atom. The first-order valence-electron chi connectivity index (χ1n) is 8.24. The van der Waals surface area contributed by atoms with Gasteiger partial charge in [0.25, 0.3) is 0 Å². The monoisotopic (exact) mass is 396 g/mol. The number of alkyl halides is 3. The van der Waals surface area contributed by atoms with E-state index < -0.39 is 11.7 Å². The van der Waals surface area contributed by atoms with Crippen molar-refractivity contribution in [3.8, 4) is 11.5 Å². The molecule has 0 aromatic heterocycles. The summed E-state index contributed by atoms with van der Waals surface area (Å²) < 4.78 is 49.7. The summed E-state index contributed by atoms with van der Waals surface area (Å²) in [7, 11) is 0. The van der Waals surface area contributed by atoms with Crippen LogP contribution >= 0.6 is 0 Å². The Kier molecular flexibility index (Phi) is 8.80. The minimum Gasteiger partial charge on any atom is -0.494 e. The highest BCUT2D eigenvalue weighted by Gasteiger charge is 2.32. The topological polar surface area (TPSA) is 95.2 Å². The molecule has 2 rings (SSSR count). The first-order chi connectivity index (χ1) is 13.2. The summed E-state index contributed by atoms with van der Waals surface area (Å²) in [6.45, 7) is 7.11. The summed E-state index contributed by atoms with van der Waals surface area (Å²) in [6.07, 6.45) is -4.39. The fraction of sp³-hybridized carbons (Fsp3) is 0.263. The van der Waals surface area contributed by atoms with Gasteiger partial charge in [-0.25, -0.2) is 0 Å². The van der Waals surface area contributed by atoms with Crippen molar-refractivity contribution in [1.29, 1.82) is 0 Å². The van der Waals surface area contributed by atoms with Crippen molar-refractivity contribution in [3.63, 3.8) is 0 Å². The molecule has 0 saturated heterocycles. The molecule has 0 atom stereocenters. The number of hydrogen-bond donors (Lipinski definition) is 2. The number of ether oxygens (including phenoxy) is 2. The average Bonchev–Trinajstić information content (AvgIpc) is 2.60. The van der Waals surface area contributed by atoms with Crippen LogP contribution in [-0.2, 0) is 12.8 Å².